The SMILES string of the molecule is O=c1[nH]c(SCc2nc3ncccc3[nH]2)nc2cc(Cl)ccc12. The first-order valence-electron chi connectivity index (χ1n) is 6.81. The summed E-state index contributed by atoms with van der Waals surface area (Å²) >= 11 is 7.35. The Morgan fingerprint density at radius 1 is 1.17 bits per heavy atom. The topological polar surface area (TPSA) is 87.3 Å². The Morgan fingerprint density at radius 2 is 2.09 bits per heavy atom. The van der Waals surface area contributed by atoms with Gasteiger partial charge in [-0.2, -0.15) is 0 Å². The highest BCUT2D eigenvalue weighted by Gasteiger charge is 2.08. The predicted octanol–water partition coefficient (Wildman–Crippen LogP) is 3.14. The van der Waals surface area contributed by atoms with Crippen LogP contribution >= 0.6 is 23.4 Å². The van der Waals surface area contributed by atoms with E-state index in [9.17, 15) is 4.79 Å². The quantitative estimate of drug-likeness (QED) is 0.441. The van der Waals surface area contributed by atoms with Gasteiger partial charge in [0.2, 0.25) is 0 Å². The van der Waals surface area contributed by atoms with E-state index in [1.165, 1.54) is 11.8 Å². The van der Waals surface area contributed by atoms with Crippen molar-refractivity contribution in [1.29, 1.82) is 0 Å². The van der Waals surface area contributed by atoms with E-state index < -0.39 is 0 Å². The van der Waals surface area contributed by atoms with Crippen LogP contribution in [0, 0.1) is 0 Å². The van der Waals surface area contributed by atoms with Gasteiger partial charge in [-0.3, -0.25) is 4.79 Å². The number of H-pyrrole nitrogens is 2. The van der Waals surface area contributed by atoms with Crippen LogP contribution < -0.4 is 5.56 Å². The number of thioether (sulfide) groups is 1. The number of nitrogens with zero attached hydrogens (tertiary/aromatic N) is 3. The largest absolute Gasteiger partial charge is 0.340 e. The molecule has 0 aliphatic heterocycles. The fraction of sp³-hybridized carbons (Fsp3) is 0.0667. The standard InChI is InChI=1S/C15H10ClN5OS/c16-8-3-4-9-11(6-8)19-15(21-14(9)22)23-7-12-18-10-2-1-5-17-13(10)20-12/h1-6H,7H2,(H,17,18,20)(H,19,21,22). The van der Waals surface area contributed by atoms with Crippen molar-refractivity contribution in [3.05, 3.63) is 57.7 Å². The molecular formula is C15H10ClN5OS. The number of benzene rings is 1. The van der Waals surface area contributed by atoms with Crippen LogP contribution in [0.5, 0.6) is 0 Å². The molecule has 0 unspecified atom stereocenters. The van der Waals surface area contributed by atoms with Gasteiger partial charge in [-0.25, -0.2) is 15.0 Å². The molecule has 8 heteroatoms. The number of halogens is 1. The molecule has 0 saturated heterocycles. The third-order valence-electron chi connectivity index (χ3n) is 3.30. The van der Waals surface area contributed by atoms with Gasteiger partial charge in [0.15, 0.2) is 10.8 Å². The lowest BCUT2D eigenvalue weighted by molar-refractivity contribution is 0.970. The Bertz CT molecular complexity index is 1040. The molecule has 0 radical (unpaired) electrons. The summed E-state index contributed by atoms with van der Waals surface area (Å²) in [5, 5.41) is 1.60. The molecule has 6 nitrogen and oxygen atoms in total. The molecule has 114 valence electrons. The zero-order valence-electron chi connectivity index (χ0n) is 11.7. The first-order chi connectivity index (χ1) is 11.2. The van der Waals surface area contributed by atoms with Crippen LogP contribution in [0.25, 0.3) is 22.1 Å². The van der Waals surface area contributed by atoms with E-state index in [-0.39, 0.29) is 5.56 Å². The summed E-state index contributed by atoms with van der Waals surface area (Å²) in [6.45, 7) is 0. The minimum absolute atomic E-state index is 0.180. The van der Waals surface area contributed by atoms with E-state index in [0.29, 0.717) is 32.5 Å². The summed E-state index contributed by atoms with van der Waals surface area (Å²) in [4.78, 5) is 31.1. The summed E-state index contributed by atoms with van der Waals surface area (Å²) < 4.78 is 0. The fourth-order valence-corrected chi connectivity index (χ4v) is 3.16. The van der Waals surface area contributed by atoms with Gasteiger partial charge in [-0.05, 0) is 30.3 Å². The summed E-state index contributed by atoms with van der Waals surface area (Å²) in [6.07, 6.45) is 1.70. The molecule has 0 fully saturated rings. The second kappa shape index (κ2) is 5.68. The number of fused-ring (bicyclic) bond motifs is 2. The summed E-state index contributed by atoms with van der Waals surface area (Å²) in [5.74, 6) is 1.32. The molecule has 0 spiro atoms. The van der Waals surface area contributed by atoms with Gasteiger partial charge < -0.3 is 9.97 Å². The Hall–Kier alpha value is -2.38. The number of pyridine rings is 1. The van der Waals surface area contributed by atoms with E-state index >= 15 is 0 Å². The van der Waals surface area contributed by atoms with Gasteiger partial charge in [0.25, 0.3) is 5.56 Å². The molecule has 3 heterocycles. The normalized spacial score (nSPS) is 11.3. The van der Waals surface area contributed by atoms with Crippen molar-refractivity contribution >= 4 is 45.4 Å². The molecule has 0 bridgehead atoms. The third kappa shape index (κ3) is 2.80. The highest BCUT2D eigenvalue weighted by molar-refractivity contribution is 7.98. The molecule has 0 saturated carbocycles. The predicted molar refractivity (Wildman–Crippen MR) is 90.8 cm³/mol. The lowest BCUT2D eigenvalue weighted by Gasteiger charge is -2.02. The molecular weight excluding hydrogens is 334 g/mol. The van der Waals surface area contributed by atoms with E-state index in [2.05, 4.69) is 24.9 Å². The average Bonchev–Trinajstić information content (AvgIpc) is 2.95. The molecule has 0 aliphatic carbocycles. The van der Waals surface area contributed by atoms with Gasteiger partial charge in [0.05, 0.1) is 22.2 Å². The number of hydrogen-bond acceptors (Lipinski definition) is 5. The average molecular weight is 344 g/mol. The van der Waals surface area contributed by atoms with Crippen molar-refractivity contribution in [3.8, 4) is 0 Å². The maximum absolute atomic E-state index is 12.1. The van der Waals surface area contributed by atoms with Crippen molar-refractivity contribution in [1.82, 2.24) is 24.9 Å². The number of imidazole rings is 1. The van der Waals surface area contributed by atoms with Crippen molar-refractivity contribution in [2.24, 2.45) is 0 Å². The van der Waals surface area contributed by atoms with Crippen molar-refractivity contribution < 1.29 is 0 Å². The van der Waals surface area contributed by atoms with E-state index in [4.69, 9.17) is 11.6 Å². The summed E-state index contributed by atoms with van der Waals surface area (Å²) in [5.41, 5.74) is 1.96. The van der Waals surface area contributed by atoms with Crippen LogP contribution in [0.1, 0.15) is 5.82 Å². The molecule has 3 aromatic heterocycles. The zero-order valence-corrected chi connectivity index (χ0v) is 13.3. The first kappa shape index (κ1) is 14.2. The molecule has 1 aromatic carbocycles. The number of hydrogen-bond donors (Lipinski definition) is 2. The van der Waals surface area contributed by atoms with Gasteiger partial charge in [0, 0.05) is 11.2 Å². The van der Waals surface area contributed by atoms with Crippen molar-refractivity contribution in [2.45, 2.75) is 10.9 Å². The van der Waals surface area contributed by atoms with E-state index in [1.807, 2.05) is 12.1 Å². The highest BCUT2D eigenvalue weighted by Crippen LogP contribution is 2.21. The summed E-state index contributed by atoms with van der Waals surface area (Å²) in [7, 11) is 0. The molecule has 4 rings (SSSR count). The van der Waals surface area contributed by atoms with Crippen LogP contribution in [0.4, 0.5) is 0 Å². The van der Waals surface area contributed by atoms with E-state index in [1.54, 1.807) is 24.4 Å². The van der Waals surface area contributed by atoms with Crippen LogP contribution in [-0.4, -0.2) is 24.9 Å². The number of aromatic amines is 2. The number of aromatic nitrogens is 5. The number of nitrogens with one attached hydrogen (secondary N) is 2. The smallest absolute Gasteiger partial charge is 0.259 e. The lowest BCUT2D eigenvalue weighted by Crippen LogP contribution is -2.09. The Labute approximate surface area is 139 Å². The van der Waals surface area contributed by atoms with Crippen LogP contribution in [-0.2, 0) is 5.75 Å². The van der Waals surface area contributed by atoms with Crippen LogP contribution in [0.15, 0.2) is 46.5 Å². The summed E-state index contributed by atoms with van der Waals surface area (Å²) in [6, 6.07) is 8.80. The highest BCUT2D eigenvalue weighted by atomic mass is 35.5. The van der Waals surface area contributed by atoms with Crippen molar-refractivity contribution in [3.63, 3.8) is 0 Å². The Morgan fingerprint density at radius 3 is 2.96 bits per heavy atom. The van der Waals surface area contributed by atoms with Gasteiger partial charge >= 0.3 is 0 Å². The zero-order chi connectivity index (χ0) is 15.8. The second-order valence-electron chi connectivity index (χ2n) is 4.88. The Kier molecular flexibility index (Phi) is 3.51. The van der Waals surface area contributed by atoms with E-state index in [0.717, 1.165) is 11.3 Å². The maximum atomic E-state index is 12.1. The molecule has 4 aromatic rings. The monoisotopic (exact) mass is 343 g/mol. The third-order valence-corrected chi connectivity index (χ3v) is 4.42. The molecule has 0 amide bonds. The fourth-order valence-electron chi connectivity index (χ4n) is 2.26. The molecule has 0 aliphatic rings. The minimum Gasteiger partial charge on any atom is -0.340 e. The van der Waals surface area contributed by atoms with Crippen LogP contribution in [0.3, 0.4) is 0 Å². The second-order valence-corrected chi connectivity index (χ2v) is 6.28. The lowest BCUT2D eigenvalue weighted by atomic mass is 10.2. The Balaban J connectivity index is 1.63. The van der Waals surface area contributed by atoms with Gasteiger partial charge in [0.1, 0.15) is 5.82 Å². The maximum Gasteiger partial charge on any atom is 0.259 e. The molecule has 23 heavy (non-hydrogen) atoms. The minimum atomic E-state index is -0.180. The molecule has 0 atom stereocenters. The first-order valence-corrected chi connectivity index (χ1v) is 8.17. The van der Waals surface area contributed by atoms with Crippen LogP contribution in [0.2, 0.25) is 5.02 Å². The van der Waals surface area contributed by atoms with Gasteiger partial charge in [-0.1, -0.05) is 23.4 Å². The van der Waals surface area contributed by atoms with Gasteiger partial charge in [-0.15, -0.1) is 0 Å². The van der Waals surface area contributed by atoms with Crippen molar-refractivity contribution in [2.75, 3.05) is 0 Å². The number of rotatable bonds is 3. The molecule has 2 N–H and O–H groups in total.